The van der Waals surface area contributed by atoms with Crippen LogP contribution in [0.25, 0.3) is 0 Å². The fraction of sp³-hybridized carbons (Fsp3) is 0.409. The molecule has 2 aliphatic rings. The number of nitrogens with zero attached hydrogens (tertiary/aromatic N) is 3. The van der Waals surface area contributed by atoms with Crippen LogP contribution in [-0.4, -0.2) is 60.6 Å². The van der Waals surface area contributed by atoms with Crippen LogP contribution in [0.3, 0.4) is 0 Å². The fourth-order valence-corrected chi connectivity index (χ4v) is 4.19. The van der Waals surface area contributed by atoms with Crippen LogP contribution in [0.5, 0.6) is 0 Å². The summed E-state index contributed by atoms with van der Waals surface area (Å²) < 4.78 is 43.9. The van der Waals surface area contributed by atoms with Gasteiger partial charge in [0.1, 0.15) is 11.8 Å². The Kier molecular flexibility index (Phi) is 6.60. The molecule has 10 heteroatoms. The van der Waals surface area contributed by atoms with Gasteiger partial charge in [-0.2, -0.15) is 18.4 Å². The van der Waals surface area contributed by atoms with Gasteiger partial charge in [-0.3, -0.25) is 4.90 Å². The van der Waals surface area contributed by atoms with E-state index in [-0.39, 0.29) is 29.0 Å². The van der Waals surface area contributed by atoms with E-state index in [0.717, 1.165) is 57.3 Å². The lowest BCUT2D eigenvalue weighted by Gasteiger charge is -2.36. The number of methoxy groups -OCH3 is 1. The molecule has 0 amide bonds. The van der Waals surface area contributed by atoms with Gasteiger partial charge in [0.2, 0.25) is 0 Å². The number of likely N-dealkylation sites (tertiary alicyclic amines) is 1. The van der Waals surface area contributed by atoms with Crippen molar-refractivity contribution in [1.82, 2.24) is 9.80 Å². The summed E-state index contributed by atoms with van der Waals surface area (Å²) in [4.78, 5) is 28.5. The zero-order valence-electron chi connectivity index (χ0n) is 17.6. The van der Waals surface area contributed by atoms with Crippen molar-refractivity contribution in [2.24, 2.45) is 0 Å². The van der Waals surface area contributed by atoms with Crippen LogP contribution in [0.4, 0.5) is 13.2 Å². The second-order valence-electron chi connectivity index (χ2n) is 7.63. The van der Waals surface area contributed by atoms with E-state index in [9.17, 15) is 33.1 Å². The number of allylic oxidation sites excluding steroid dienone is 1. The van der Waals surface area contributed by atoms with Crippen LogP contribution >= 0.6 is 0 Å². The molecular formula is C22H22F3N3O4. The SMILES string of the molecule is COC(=O)C1=C(C#N)N(C)C(CN2CCCC2)=C(C(=O)O)C1c1ccc(C(F)(F)F)cc1. The highest BCUT2D eigenvalue weighted by Crippen LogP contribution is 2.43. The Bertz CT molecular complexity index is 1020. The van der Waals surface area contributed by atoms with Gasteiger partial charge >= 0.3 is 18.1 Å². The second-order valence-corrected chi connectivity index (χ2v) is 7.63. The topological polar surface area (TPSA) is 93.9 Å². The van der Waals surface area contributed by atoms with Crippen LogP contribution in [0.15, 0.2) is 46.8 Å². The van der Waals surface area contributed by atoms with Crippen molar-refractivity contribution in [1.29, 1.82) is 5.26 Å². The highest BCUT2D eigenvalue weighted by molar-refractivity contribution is 5.99. The van der Waals surface area contributed by atoms with Gasteiger partial charge in [0.15, 0.2) is 0 Å². The first-order valence-corrected chi connectivity index (χ1v) is 9.92. The third-order valence-electron chi connectivity index (χ3n) is 5.77. The number of nitriles is 1. The molecule has 7 nitrogen and oxygen atoms in total. The van der Waals surface area contributed by atoms with Gasteiger partial charge in [0, 0.05) is 19.3 Å². The molecule has 1 fully saturated rings. The van der Waals surface area contributed by atoms with Gasteiger partial charge in [-0.05, 0) is 43.6 Å². The van der Waals surface area contributed by atoms with E-state index >= 15 is 0 Å². The maximum atomic E-state index is 13.0. The summed E-state index contributed by atoms with van der Waals surface area (Å²) in [7, 11) is 2.59. The first kappa shape index (κ1) is 23.3. The molecule has 0 aromatic heterocycles. The molecule has 1 unspecified atom stereocenters. The standard InChI is InChI=1S/C22H22F3N3O4/c1-27-15(11-26)19(21(31)32-2)17(13-5-7-14(8-6-13)22(23,24)25)18(20(29)30)16(27)12-28-9-3-4-10-28/h5-8,17H,3-4,9-10,12H2,1-2H3,(H,29,30). The van der Waals surface area contributed by atoms with Gasteiger partial charge in [-0.25, -0.2) is 9.59 Å². The number of aliphatic carboxylic acids is 1. The summed E-state index contributed by atoms with van der Waals surface area (Å²) >= 11 is 0. The molecule has 1 aromatic carbocycles. The van der Waals surface area contributed by atoms with Crippen LogP contribution < -0.4 is 0 Å². The Hall–Kier alpha value is -3.32. The predicted molar refractivity (Wildman–Crippen MR) is 107 cm³/mol. The number of rotatable bonds is 5. The molecule has 1 saturated heterocycles. The van der Waals surface area contributed by atoms with Crippen molar-refractivity contribution in [3.8, 4) is 6.07 Å². The first-order chi connectivity index (χ1) is 15.1. The average molecular weight is 449 g/mol. The Morgan fingerprint density at radius 1 is 1.19 bits per heavy atom. The maximum absolute atomic E-state index is 13.0. The van der Waals surface area contributed by atoms with E-state index in [1.165, 1.54) is 11.9 Å². The monoisotopic (exact) mass is 449 g/mol. The highest BCUT2D eigenvalue weighted by Gasteiger charge is 2.42. The molecule has 32 heavy (non-hydrogen) atoms. The van der Waals surface area contributed by atoms with Gasteiger partial charge in [-0.1, -0.05) is 12.1 Å². The van der Waals surface area contributed by atoms with Crippen molar-refractivity contribution < 1.29 is 32.6 Å². The number of carbonyl (C=O) groups is 2. The second kappa shape index (κ2) is 9.04. The Balaban J connectivity index is 2.23. The summed E-state index contributed by atoms with van der Waals surface area (Å²) in [6.45, 7) is 1.74. The molecule has 0 bridgehead atoms. The quantitative estimate of drug-likeness (QED) is 0.691. The van der Waals surface area contributed by atoms with Crippen molar-refractivity contribution in [2.75, 3.05) is 33.8 Å². The zero-order chi connectivity index (χ0) is 23.6. The van der Waals surface area contributed by atoms with Gasteiger partial charge < -0.3 is 14.7 Å². The number of hydrogen-bond acceptors (Lipinski definition) is 6. The lowest BCUT2D eigenvalue weighted by atomic mass is 9.79. The van der Waals surface area contributed by atoms with E-state index in [2.05, 4.69) is 0 Å². The summed E-state index contributed by atoms with van der Waals surface area (Å²) in [5.74, 6) is -3.50. The van der Waals surface area contributed by atoms with Crippen molar-refractivity contribution in [3.05, 3.63) is 57.9 Å². The number of esters is 1. The van der Waals surface area contributed by atoms with Crippen molar-refractivity contribution in [3.63, 3.8) is 0 Å². The van der Waals surface area contributed by atoms with Gasteiger partial charge in [-0.15, -0.1) is 0 Å². The number of ether oxygens (including phenoxy) is 1. The minimum absolute atomic E-state index is 0.0963. The van der Waals surface area contributed by atoms with E-state index in [1.54, 1.807) is 0 Å². The summed E-state index contributed by atoms with van der Waals surface area (Å²) in [5, 5.41) is 19.9. The van der Waals surface area contributed by atoms with E-state index in [1.807, 2.05) is 11.0 Å². The predicted octanol–water partition coefficient (Wildman–Crippen LogP) is 3.12. The molecule has 0 aliphatic carbocycles. The normalized spacial score (nSPS) is 19.9. The Morgan fingerprint density at radius 3 is 2.25 bits per heavy atom. The third kappa shape index (κ3) is 4.34. The molecule has 1 aromatic rings. The lowest BCUT2D eigenvalue weighted by Crippen LogP contribution is -2.38. The number of alkyl halides is 3. The number of benzene rings is 1. The largest absolute Gasteiger partial charge is 0.478 e. The highest BCUT2D eigenvalue weighted by atomic mass is 19.4. The number of likely N-dealkylation sites (N-methyl/N-ethyl adjacent to an activating group) is 1. The molecule has 0 radical (unpaired) electrons. The van der Waals surface area contributed by atoms with Crippen molar-refractivity contribution in [2.45, 2.75) is 24.9 Å². The van der Waals surface area contributed by atoms with Crippen LogP contribution in [0, 0.1) is 11.3 Å². The number of carboxylic acid groups (broad SMARTS) is 1. The van der Waals surface area contributed by atoms with Crippen LogP contribution in [0.1, 0.15) is 29.9 Å². The lowest BCUT2D eigenvalue weighted by molar-refractivity contribution is -0.138. The molecule has 2 heterocycles. The molecule has 0 saturated carbocycles. The number of carbonyl (C=O) groups excluding carboxylic acids is 1. The minimum Gasteiger partial charge on any atom is -0.478 e. The Morgan fingerprint density at radius 2 is 1.78 bits per heavy atom. The molecule has 1 N–H and O–H groups in total. The molecule has 3 rings (SSSR count). The van der Waals surface area contributed by atoms with Gasteiger partial charge in [0.05, 0.1) is 29.7 Å². The van der Waals surface area contributed by atoms with Gasteiger partial charge in [0.25, 0.3) is 0 Å². The van der Waals surface area contributed by atoms with E-state index in [0.29, 0.717) is 5.70 Å². The molecule has 170 valence electrons. The summed E-state index contributed by atoms with van der Waals surface area (Å²) in [6.07, 6.45) is -2.66. The fourth-order valence-electron chi connectivity index (χ4n) is 4.19. The molecule has 0 spiro atoms. The molecule has 2 aliphatic heterocycles. The maximum Gasteiger partial charge on any atom is 0.416 e. The third-order valence-corrected chi connectivity index (χ3v) is 5.77. The van der Waals surface area contributed by atoms with Crippen LogP contribution in [-0.2, 0) is 20.5 Å². The van der Waals surface area contributed by atoms with Crippen molar-refractivity contribution >= 4 is 11.9 Å². The average Bonchev–Trinajstić information content (AvgIpc) is 3.26. The minimum atomic E-state index is -4.57. The number of hydrogen-bond donors (Lipinski definition) is 1. The summed E-state index contributed by atoms with van der Waals surface area (Å²) in [5.41, 5.74) is -0.931. The van der Waals surface area contributed by atoms with E-state index < -0.39 is 29.6 Å². The zero-order valence-corrected chi connectivity index (χ0v) is 17.6. The Labute approximate surface area is 183 Å². The first-order valence-electron chi connectivity index (χ1n) is 9.92. The smallest absolute Gasteiger partial charge is 0.416 e. The van der Waals surface area contributed by atoms with E-state index in [4.69, 9.17) is 4.74 Å². The number of halogens is 3. The van der Waals surface area contributed by atoms with Crippen LogP contribution in [0.2, 0.25) is 0 Å². The number of carboxylic acids is 1. The molecular weight excluding hydrogens is 427 g/mol. The molecule has 1 atom stereocenters. The summed E-state index contributed by atoms with van der Waals surface area (Å²) in [6, 6.07) is 5.87.